The van der Waals surface area contributed by atoms with Crippen LogP contribution in [0.1, 0.15) is 37.5 Å². The van der Waals surface area contributed by atoms with Gasteiger partial charge in [0.2, 0.25) is 0 Å². The third-order valence-corrected chi connectivity index (χ3v) is 11.6. The molecule has 10 nitrogen and oxygen atoms in total. The Hall–Kier alpha value is -2.45. The largest absolute Gasteiger partial charge is 0.493 e. The van der Waals surface area contributed by atoms with E-state index in [0.29, 0.717) is 36.2 Å². The number of rotatable bonds is 10. The van der Waals surface area contributed by atoms with Crippen LogP contribution in [0.3, 0.4) is 0 Å². The molecular weight excluding hydrogens is 699 g/mol. The smallest absolute Gasteiger partial charge is 0.262 e. The minimum absolute atomic E-state index is 0.0257. The molecule has 0 aliphatic carbocycles. The molecule has 2 aliphatic rings. The molecule has 2 heterocycles. The van der Waals surface area contributed by atoms with Crippen molar-refractivity contribution >= 4 is 50.5 Å². The van der Waals surface area contributed by atoms with Crippen LogP contribution >= 0.6 is 34.8 Å². The fraction of sp³-hybridized carbons (Fsp3) is 0.441. The molecule has 4 N–H and O–H groups in total. The predicted octanol–water partition coefficient (Wildman–Crippen LogP) is 4.12. The van der Waals surface area contributed by atoms with Gasteiger partial charge in [0.1, 0.15) is 5.75 Å². The average molecular weight is 740 g/mol. The van der Waals surface area contributed by atoms with Gasteiger partial charge < -0.3 is 19.8 Å². The molecule has 0 aromatic heterocycles. The summed E-state index contributed by atoms with van der Waals surface area (Å²) < 4.78 is 32.2. The molecule has 260 valence electrons. The van der Waals surface area contributed by atoms with E-state index in [1.54, 1.807) is 36.1 Å². The van der Waals surface area contributed by atoms with E-state index in [4.69, 9.17) is 39.5 Å². The molecule has 48 heavy (non-hydrogen) atoms. The van der Waals surface area contributed by atoms with Crippen LogP contribution in [0.2, 0.25) is 15.1 Å². The highest BCUT2D eigenvalue weighted by molar-refractivity contribution is 7.90. The van der Waals surface area contributed by atoms with Gasteiger partial charge in [-0.25, -0.2) is 8.42 Å². The lowest BCUT2D eigenvalue weighted by molar-refractivity contribution is -0.142. The molecule has 3 aromatic rings. The van der Waals surface area contributed by atoms with Crippen molar-refractivity contribution < 1.29 is 28.2 Å². The van der Waals surface area contributed by atoms with Crippen LogP contribution in [0.15, 0.2) is 65.6 Å². The number of carbonyl (C=O) groups is 1. The van der Waals surface area contributed by atoms with Crippen molar-refractivity contribution in [1.82, 2.24) is 20.4 Å². The van der Waals surface area contributed by atoms with Gasteiger partial charge in [0.05, 0.1) is 40.3 Å². The lowest BCUT2D eigenvalue weighted by Crippen LogP contribution is -2.63. The maximum Gasteiger partial charge on any atom is 0.262 e. The van der Waals surface area contributed by atoms with Gasteiger partial charge in [0.15, 0.2) is 15.5 Å². The molecule has 14 heteroatoms. The number of amides is 1. The maximum absolute atomic E-state index is 15.3. The van der Waals surface area contributed by atoms with E-state index in [1.807, 2.05) is 43.0 Å². The van der Waals surface area contributed by atoms with Crippen LogP contribution in [0.4, 0.5) is 0 Å². The number of carbonyl (C=O) groups excluding carboxylic acids is 1. The molecule has 5 rings (SSSR count). The summed E-state index contributed by atoms with van der Waals surface area (Å²) in [6.07, 6.45) is 0.173. The number of benzene rings is 3. The van der Waals surface area contributed by atoms with E-state index in [9.17, 15) is 18.6 Å². The highest BCUT2D eigenvalue weighted by atomic mass is 35.5. The third-order valence-electron chi connectivity index (χ3n) is 9.52. The number of nitrogens with one attached hydrogen (secondary N) is 2. The van der Waals surface area contributed by atoms with Crippen molar-refractivity contribution in [2.45, 2.75) is 48.5 Å². The molecule has 2 aliphatic heterocycles. The zero-order valence-corrected chi connectivity index (χ0v) is 30.3. The van der Waals surface area contributed by atoms with Gasteiger partial charge in [-0.3, -0.25) is 20.3 Å². The van der Waals surface area contributed by atoms with Crippen LogP contribution < -0.4 is 15.4 Å². The van der Waals surface area contributed by atoms with Gasteiger partial charge in [0, 0.05) is 60.7 Å². The fourth-order valence-corrected chi connectivity index (χ4v) is 8.36. The van der Waals surface area contributed by atoms with E-state index >= 15 is 4.79 Å². The lowest BCUT2D eigenvalue weighted by atomic mass is 9.72. The van der Waals surface area contributed by atoms with Crippen LogP contribution in [0.5, 0.6) is 5.75 Å². The van der Waals surface area contributed by atoms with E-state index in [1.165, 1.54) is 12.1 Å². The van der Waals surface area contributed by atoms with Crippen LogP contribution in [0, 0.1) is 0 Å². The molecule has 1 unspecified atom stereocenters. The molecule has 0 radical (unpaired) electrons. The Morgan fingerprint density at radius 3 is 1.85 bits per heavy atom. The number of ether oxygens (including phenoxy) is 1. The van der Waals surface area contributed by atoms with Crippen LogP contribution in [-0.2, 0) is 31.4 Å². The molecule has 2 fully saturated rings. The highest BCUT2D eigenvalue weighted by Crippen LogP contribution is 2.52. The maximum atomic E-state index is 15.3. The average Bonchev–Trinajstić information content (AvgIpc) is 3.30. The lowest BCUT2D eigenvalue weighted by Gasteiger charge is -2.41. The Morgan fingerprint density at radius 1 is 0.917 bits per heavy atom. The summed E-state index contributed by atoms with van der Waals surface area (Å²) in [6, 6.07) is 17.6. The Labute approximate surface area is 296 Å². The number of sulfone groups is 1. The Kier molecular flexibility index (Phi) is 10.8. The van der Waals surface area contributed by atoms with Crippen molar-refractivity contribution in [3.8, 4) is 5.75 Å². The first-order chi connectivity index (χ1) is 22.6. The first kappa shape index (κ1) is 36.8. The third kappa shape index (κ3) is 6.82. The molecule has 3 aromatic carbocycles. The summed E-state index contributed by atoms with van der Waals surface area (Å²) in [7, 11) is -3.84. The zero-order valence-electron chi connectivity index (χ0n) is 27.3. The van der Waals surface area contributed by atoms with E-state index in [2.05, 4.69) is 10.6 Å². The SMILES string of the molecule is CCOc1cc(Cl)c(S(C)(=O)=O)cc1C1(C(=O)N2CCN(C[C@H](O)CO)CC2)N[C@@](C)(c2ccc(Cl)cc2)[C@@](C)(c2ccc(Cl)cc2)N1. The number of β-amino-alcohol motifs (C(OH)–C–C–N with tert-alkyl or cyclic N) is 1. The van der Waals surface area contributed by atoms with Gasteiger partial charge in [-0.05, 0) is 62.2 Å². The van der Waals surface area contributed by atoms with Crippen molar-refractivity contribution in [3.63, 3.8) is 0 Å². The Balaban J connectivity index is 1.76. The second-order valence-corrected chi connectivity index (χ2v) is 15.9. The van der Waals surface area contributed by atoms with Gasteiger partial charge in [-0.15, -0.1) is 0 Å². The van der Waals surface area contributed by atoms with Gasteiger partial charge >= 0.3 is 0 Å². The summed E-state index contributed by atoms with van der Waals surface area (Å²) in [5.74, 6) is -0.114. The highest BCUT2D eigenvalue weighted by Gasteiger charge is 2.65. The summed E-state index contributed by atoms with van der Waals surface area (Å²) >= 11 is 19.2. The van der Waals surface area contributed by atoms with Gasteiger partial charge in [0.25, 0.3) is 5.91 Å². The molecule has 0 spiro atoms. The number of hydrogen-bond donors (Lipinski definition) is 4. The second kappa shape index (κ2) is 14.0. The zero-order chi connectivity index (χ0) is 35.1. The number of aliphatic hydroxyl groups excluding tert-OH is 2. The number of hydrogen-bond acceptors (Lipinski definition) is 9. The predicted molar refractivity (Wildman–Crippen MR) is 187 cm³/mol. The molecule has 4 atom stereocenters. The molecule has 1 amide bonds. The fourth-order valence-electron chi connectivity index (χ4n) is 6.79. The number of piperazine rings is 1. The van der Waals surface area contributed by atoms with E-state index in [-0.39, 0.29) is 46.9 Å². The van der Waals surface area contributed by atoms with Gasteiger partial charge in [-0.2, -0.15) is 0 Å². The van der Waals surface area contributed by atoms with Crippen molar-refractivity contribution in [3.05, 3.63) is 92.4 Å². The molecule has 0 saturated carbocycles. The number of nitrogens with zero attached hydrogens (tertiary/aromatic N) is 2. The van der Waals surface area contributed by atoms with Crippen LogP contribution in [-0.4, -0.2) is 92.6 Å². The van der Waals surface area contributed by atoms with Gasteiger partial charge in [-0.1, -0.05) is 59.1 Å². The van der Waals surface area contributed by atoms with Crippen molar-refractivity contribution in [1.29, 1.82) is 0 Å². The summed E-state index contributed by atoms with van der Waals surface area (Å²) in [5.41, 5.74) is -1.92. The normalized spacial score (nSPS) is 25.6. The molecule has 2 saturated heterocycles. The van der Waals surface area contributed by atoms with Crippen molar-refractivity contribution in [2.75, 3.05) is 52.2 Å². The summed E-state index contributed by atoms with van der Waals surface area (Å²) in [4.78, 5) is 18.8. The van der Waals surface area contributed by atoms with Crippen LogP contribution in [0.25, 0.3) is 0 Å². The number of halogens is 3. The topological polar surface area (TPSA) is 131 Å². The Morgan fingerprint density at radius 2 is 1.42 bits per heavy atom. The van der Waals surface area contributed by atoms with Crippen molar-refractivity contribution in [2.24, 2.45) is 0 Å². The summed E-state index contributed by atoms with van der Waals surface area (Å²) in [5, 5.41) is 27.8. The van der Waals surface area contributed by atoms with E-state index in [0.717, 1.165) is 17.4 Å². The quantitative estimate of drug-likeness (QED) is 0.243. The number of aliphatic hydroxyl groups is 2. The molecule has 0 bridgehead atoms. The van der Waals surface area contributed by atoms with E-state index < -0.39 is 32.7 Å². The summed E-state index contributed by atoms with van der Waals surface area (Å²) in [6.45, 7) is 7.42. The first-order valence-electron chi connectivity index (χ1n) is 15.7. The second-order valence-electron chi connectivity index (χ2n) is 12.7. The Bertz CT molecular complexity index is 1690. The minimum atomic E-state index is -3.84. The molecular formula is C34H41Cl3N4O6S. The monoisotopic (exact) mass is 738 g/mol. The first-order valence-corrected chi connectivity index (χ1v) is 18.7. The standard InChI is InChI=1S/C34H41Cl3N4O6S/c1-5-47-29-19-28(37)30(48(4,45)46)18-27(29)34(31(44)41-16-14-40(15-17-41)20-26(43)21-42)38-32(2,22-6-10-24(35)11-7-22)33(3,39-34)23-8-12-25(36)13-9-23/h6-13,18-19,26,38-39,42-43H,5,14-17,20-21H2,1-4H3/t26-,32-,33+,34?/m0/s1. The minimum Gasteiger partial charge on any atom is -0.493 e.